The monoisotopic (exact) mass is 253 g/mol. The summed E-state index contributed by atoms with van der Waals surface area (Å²) in [5, 5.41) is 0. The molecule has 2 rings (SSSR count). The van der Waals surface area contributed by atoms with Crippen molar-refractivity contribution >= 4 is 5.97 Å². The number of methoxy groups -OCH3 is 1. The number of carbonyl (C=O) groups is 1. The first-order chi connectivity index (χ1) is 8.53. The third-order valence-corrected chi connectivity index (χ3v) is 2.53. The summed E-state index contributed by atoms with van der Waals surface area (Å²) in [5.41, 5.74) is 4.59. The summed E-state index contributed by atoms with van der Waals surface area (Å²) in [6.07, 6.45) is 0. The topological polar surface area (TPSA) is 80.0 Å². The Morgan fingerprint density at radius 3 is 2.89 bits per heavy atom. The lowest BCUT2D eigenvalue weighted by molar-refractivity contribution is -0.147. The highest BCUT2D eigenvalue weighted by Gasteiger charge is 2.30. The lowest BCUT2D eigenvalue weighted by Gasteiger charge is -2.21. The summed E-state index contributed by atoms with van der Waals surface area (Å²) >= 11 is 0. The molecule has 0 saturated carbocycles. The van der Waals surface area contributed by atoms with Gasteiger partial charge in [-0.15, -0.1) is 0 Å². The smallest absolute Gasteiger partial charge is 0.329 e. The Labute approximate surface area is 105 Å². The van der Waals surface area contributed by atoms with E-state index in [4.69, 9.17) is 19.9 Å². The maximum absolute atomic E-state index is 11.4. The minimum absolute atomic E-state index is 0.0132. The largest absolute Gasteiger partial charge is 0.491 e. The zero-order chi connectivity index (χ0) is 13.2. The zero-order valence-electron chi connectivity index (χ0n) is 10.3. The molecule has 0 fully saturated rings. The van der Waals surface area contributed by atoms with E-state index in [0.717, 1.165) is 0 Å². The number of hydrogen-bond donors (Lipinski definition) is 1. The number of benzene rings is 1. The molecule has 1 unspecified atom stereocenters. The van der Waals surface area contributed by atoms with E-state index in [1.54, 1.807) is 25.1 Å². The Morgan fingerprint density at radius 1 is 1.44 bits per heavy atom. The van der Waals surface area contributed by atoms with Crippen LogP contribution in [-0.4, -0.2) is 32.0 Å². The molecule has 0 saturated heterocycles. The van der Waals surface area contributed by atoms with E-state index in [2.05, 4.69) is 4.74 Å². The molecule has 1 aliphatic rings. The Bertz CT molecular complexity index is 458. The minimum atomic E-state index is -1.19. The molecule has 0 amide bonds. The normalized spacial score (nSPS) is 15.9. The van der Waals surface area contributed by atoms with Crippen LogP contribution >= 0.6 is 0 Å². The summed E-state index contributed by atoms with van der Waals surface area (Å²) in [4.78, 5) is 11.4. The van der Waals surface area contributed by atoms with Crippen LogP contribution < -0.4 is 19.9 Å². The van der Waals surface area contributed by atoms with Crippen LogP contribution in [0.15, 0.2) is 18.2 Å². The van der Waals surface area contributed by atoms with Crippen LogP contribution in [0.5, 0.6) is 17.2 Å². The fourth-order valence-electron chi connectivity index (χ4n) is 1.49. The molecule has 0 aromatic heterocycles. The van der Waals surface area contributed by atoms with Gasteiger partial charge in [0.1, 0.15) is 17.9 Å². The van der Waals surface area contributed by atoms with Crippen molar-refractivity contribution in [2.24, 2.45) is 5.73 Å². The van der Waals surface area contributed by atoms with Gasteiger partial charge in [0, 0.05) is 6.07 Å². The van der Waals surface area contributed by atoms with Crippen molar-refractivity contribution in [3.05, 3.63) is 18.2 Å². The van der Waals surface area contributed by atoms with E-state index in [-0.39, 0.29) is 13.4 Å². The molecule has 2 N–H and O–H groups in total. The molecule has 1 atom stereocenters. The lowest BCUT2D eigenvalue weighted by atomic mass is 10.1. The van der Waals surface area contributed by atoms with Gasteiger partial charge in [0.25, 0.3) is 0 Å². The van der Waals surface area contributed by atoms with Crippen molar-refractivity contribution in [2.75, 3.05) is 20.5 Å². The van der Waals surface area contributed by atoms with Gasteiger partial charge in [-0.1, -0.05) is 0 Å². The molecule has 0 aliphatic carbocycles. The second-order valence-corrected chi connectivity index (χ2v) is 4.21. The van der Waals surface area contributed by atoms with Gasteiger partial charge in [0.15, 0.2) is 11.5 Å². The first-order valence-electron chi connectivity index (χ1n) is 5.43. The van der Waals surface area contributed by atoms with E-state index in [1.165, 1.54) is 7.11 Å². The van der Waals surface area contributed by atoms with Crippen molar-refractivity contribution in [2.45, 2.75) is 12.5 Å². The van der Waals surface area contributed by atoms with E-state index in [0.29, 0.717) is 17.2 Å². The molecule has 0 radical (unpaired) electrons. The van der Waals surface area contributed by atoms with Gasteiger partial charge >= 0.3 is 5.97 Å². The highest BCUT2D eigenvalue weighted by molar-refractivity contribution is 5.80. The van der Waals surface area contributed by atoms with E-state index in [1.807, 2.05) is 0 Å². The summed E-state index contributed by atoms with van der Waals surface area (Å²) in [7, 11) is 1.29. The Morgan fingerprint density at radius 2 is 2.17 bits per heavy atom. The molecule has 6 nitrogen and oxygen atoms in total. The Hall–Kier alpha value is -1.95. The first-order valence-corrected chi connectivity index (χ1v) is 5.43. The van der Waals surface area contributed by atoms with Crippen LogP contribution in [0.3, 0.4) is 0 Å². The van der Waals surface area contributed by atoms with E-state index >= 15 is 0 Å². The SMILES string of the molecule is COC(=O)C(C)(N)COc1ccc2c(c1)OCO2. The molecular weight excluding hydrogens is 238 g/mol. The maximum atomic E-state index is 11.4. The number of hydrogen-bond acceptors (Lipinski definition) is 6. The Balaban J connectivity index is 2.00. The number of esters is 1. The summed E-state index contributed by atoms with van der Waals surface area (Å²) in [6, 6.07) is 5.15. The fraction of sp³-hybridized carbons (Fsp3) is 0.417. The maximum Gasteiger partial charge on any atom is 0.329 e. The third kappa shape index (κ3) is 2.48. The van der Waals surface area contributed by atoms with Crippen LogP contribution in [0.1, 0.15) is 6.92 Å². The van der Waals surface area contributed by atoms with Gasteiger partial charge < -0.3 is 24.7 Å². The van der Waals surface area contributed by atoms with Crippen LogP contribution in [-0.2, 0) is 9.53 Å². The van der Waals surface area contributed by atoms with Gasteiger partial charge in [-0.3, -0.25) is 0 Å². The van der Waals surface area contributed by atoms with Crippen molar-refractivity contribution in [1.82, 2.24) is 0 Å². The standard InChI is InChI=1S/C12H15NO5/c1-12(13,11(14)15-2)6-16-8-3-4-9-10(5-8)18-7-17-9/h3-5H,6-7,13H2,1-2H3. The molecule has 0 spiro atoms. The molecular formula is C12H15NO5. The number of rotatable bonds is 4. The quantitative estimate of drug-likeness (QED) is 0.795. The highest BCUT2D eigenvalue weighted by Crippen LogP contribution is 2.35. The van der Waals surface area contributed by atoms with Gasteiger partial charge in [0.2, 0.25) is 6.79 Å². The second kappa shape index (κ2) is 4.73. The number of ether oxygens (including phenoxy) is 4. The second-order valence-electron chi connectivity index (χ2n) is 4.21. The Kier molecular flexibility index (Phi) is 3.29. The molecule has 1 aliphatic heterocycles. The molecule has 98 valence electrons. The van der Waals surface area contributed by atoms with Crippen LogP contribution in [0.4, 0.5) is 0 Å². The summed E-state index contributed by atoms with van der Waals surface area (Å²) < 4.78 is 20.4. The molecule has 1 heterocycles. The van der Waals surface area contributed by atoms with Gasteiger partial charge in [-0.25, -0.2) is 4.79 Å². The molecule has 6 heteroatoms. The number of carbonyl (C=O) groups excluding carboxylic acids is 1. The minimum Gasteiger partial charge on any atom is -0.491 e. The molecule has 1 aromatic carbocycles. The van der Waals surface area contributed by atoms with E-state index < -0.39 is 11.5 Å². The van der Waals surface area contributed by atoms with Crippen molar-refractivity contribution in [3.63, 3.8) is 0 Å². The summed E-state index contributed by atoms with van der Waals surface area (Å²) in [5.74, 6) is 1.32. The average Bonchev–Trinajstić information content (AvgIpc) is 2.82. The fourth-order valence-corrected chi connectivity index (χ4v) is 1.49. The predicted molar refractivity (Wildman–Crippen MR) is 62.7 cm³/mol. The third-order valence-electron chi connectivity index (χ3n) is 2.53. The van der Waals surface area contributed by atoms with Crippen molar-refractivity contribution < 1.29 is 23.7 Å². The van der Waals surface area contributed by atoms with Crippen LogP contribution in [0, 0.1) is 0 Å². The predicted octanol–water partition coefficient (Wildman–Crippen LogP) is 0.684. The van der Waals surface area contributed by atoms with Crippen LogP contribution in [0.25, 0.3) is 0 Å². The zero-order valence-corrected chi connectivity index (χ0v) is 10.3. The highest BCUT2D eigenvalue weighted by atomic mass is 16.7. The van der Waals surface area contributed by atoms with Crippen LogP contribution in [0.2, 0.25) is 0 Å². The summed E-state index contributed by atoms with van der Waals surface area (Å²) in [6.45, 7) is 1.76. The van der Waals surface area contributed by atoms with E-state index in [9.17, 15) is 4.79 Å². The molecule has 0 bridgehead atoms. The number of fused-ring (bicyclic) bond motifs is 1. The van der Waals surface area contributed by atoms with Crippen molar-refractivity contribution in [1.29, 1.82) is 0 Å². The first kappa shape index (κ1) is 12.5. The van der Waals surface area contributed by atoms with Gasteiger partial charge in [-0.2, -0.15) is 0 Å². The lowest BCUT2D eigenvalue weighted by Crippen LogP contribution is -2.50. The average molecular weight is 253 g/mol. The molecule has 1 aromatic rings. The van der Waals surface area contributed by atoms with Crippen molar-refractivity contribution in [3.8, 4) is 17.2 Å². The molecule has 18 heavy (non-hydrogen) atoms. The van der Waals surface area contributed by atoms with Gasteiger partial charge in [-0.05, 0) is 19.1 Å². The van der Waals surface area contributed by atoms with Gasteiger partial charge in [0.05, 0.1) is 7.11 Å². The number of nitrogens with two attached hydrogens (primary N) is 1.